The van der Waals surface area contributed by atoms with Crippen LogP contribution in [0.5, 0.6) is 0 Å². The summed E-state index contributed by atoms with van der Waals surface area (Å²) in [6.45, 7) is 0. The number of halogens is 4. The van der Waals surface area contributed by atoms with E-state index in [1.807, 2.05) is 0 Å². The number of pyridine rings is 1. The predicted molar refractivity (Wildman–Crippen MR) is 50.1 cm³/mol. The Morgan fingerprint density at radius 2 is 2.00 bits per heavy atom. The Bertz CT molecular complexity index is 519. The zero-order valence-electron chi connectivity index (χ0n) is 7.09. The highest BCUT2D eigenvalue weighted by molar-refractivity contribution is 9.10. The summed E-state index contributed by atoms with van der Waals surface area (Å²) in [4.78, 5) is 3.64. The molecule has 0 aromatic carbocycles. The van der Waals surface area contributed by atoms with E-state index in [-0.39, 0.29) is 16.1 Å². The smallest absolute Gasteiger partial charge is 0.366 e. The van der Waals surface area contributed by atoms with E-state index in [9.17, 15) is 13.2 Å². The first kappa shape index (κ1) is 10.2. The van der Waals surface area contributed by atoms with Crippen molar-refractivity contribution in [2.24, 2.45) is 0 Å². The molecule has 0 atom stereocenters. The van der Waals surface area contributed by atoms with E-state index in [0.717, 1.165) is 0 Å². The summed E-state index contributed by atoms with van der Waals surface area (Å²) in [7, 11) is 0. The van der Waals surface area contributed by atoms with Gasteiger partial charge in [0.2, 0.25) is 5.95 Å². The van der Waals surface area contributed by atoms with Crippen molar-refractivity contribution in [3.05, 3.63) is 22.3 Å². The van der Waals surface area contributed by atoms with Gasteiger partial charge in [-0.15, -0.1) is 5.10 Å². The third-order valence-electron chi connectivity index (χ3n) is 1.73. The number of aromatic nitrogens is 3. The lowest BCUT2D eigenvalue weighted by atomic mass is 10.3. The van der Waals surface area contributed by atoms with E-state index in [0.29, 0.717) is 4.52 Å². The van der Waals surface area contributed by atoms with Gasteiger partial charge in [-0.05, 0) is 28.1 Å². The van der Waals surface area contributed by atoms with Crippen molar-refractivity contribution in [1.29, 1.82) is 0 Å². The van der Waals surface area contributed by atoms with Crippen LogP contribution in [-0.2, 0) is 6.18 Å². The van der Waals surface area contributed by atoms with Crippen molar-refractivity contribution in [3.63, 3.8) is 0 Å². The normalized spacial score (nSPS) is 12.3. The van der Waals surface area contributed by atoms with Gasteiger partial charge < -0.3 is 5.73 Å². The topological polar surface area (TPSA) is 56.2 Å². The van der Waals surface area contributed by atoms with Gasteiger partial charge in [-0.1, -0.05) is 0 Å². The SMILES string of the molecule is Nc1nc2ccc(Br)c(C(F)(F)F)n2n1. The lowest BCUT2D eigenvalue weighted by Gasteiger charge is -2.09. The fourth-order valence-electron chi connectivity index (χ4n) is 1.20. The quantitative estimate of drug-likeness (QED) is 0.804. The van der Waals surface area contributed by atoms with Crippen LogP contribution in [0, 0.1) is 0 Å². The molecule has 2 rings (SSSR count). The van der Waals surface area contributed by atoms with Crippen LogP contribution >= 0.6 is 15.9 Å². The molecule has 8 heteroatoms. The lowest BCUT2D eigenvalue weighted by Crippen LogP contribution is -2.13. The Balaban J connectivity index is 2.85. The molecule has 0 aliphatic heterocycles. The minimum atomic E-state index is -4.52. The van der Waals surface area contributed by atoms with Crippen molar-refractivity contribution < 1.29 is 13.2 Å². The average molecular weight is 281 g/mol. The maximum Gasteiger partial charge on any atom is 0.434 e. The summed E-state index contributed by atoms with van der Waals surface area (Å²) < 4.78 is 38.4. The van der Waals surface area contributed by atoms with Gasteiger partial charge in [-0.2, -0.15) is 18.2 Å². The number of anilines is 1. The highest BCUT2D eigenvalue weighted by Crippen LogP contribution is 2.34. The van der Waals surface area contributed by atoms with Gasteiger partial charge in [0.05, 0.1) is 0 Å². The number of hydrogen-bond donors (Lipinski definition) is 1. The zero-order valence-corrected chi connectivity index (χ0v) is 8.67. The Hall–Kier alpha value is -1.31. The van der Waals surface area contributed by atoms with Crippen molar-refractivity contribution in [3.8, 4) is 0 Å². The molecular weight excluding hydrogens is 277 g/mol. The molecule has 0 fully saturated rings. The van der Waals surface area contributed by atoms with Crippen molar-refractivity contribution in [2.75, 3.05) is 5.73 Å². The van der Waals surface area contributed by atoms with E-state index in [1.165, 1.54) is 12.1 Å². The molecule has 0 amide bonds. The van der Waals surface area contributed by atoms with Crippen LogP contribution < -0.4 is 5.73 Å². The minimum absolute atomic E-state index is 0.0584. The van der Waals surface area contributed by atoms with Gasteiger partial charge in [-0.25, -0.2) is 4.52 Å². The number of alkyl halides is 3. The first-order valence-corrected chi connectivity index (χ1v) is 4.57. The molecule has 2 aromatic rings. The molecule has 15 heavy (non-hydrogen) atoms. The Morgan fingerprint density at radius 3 is 2.60 bits per heavy atom. The summed E-state index contributed by atoms with van der Waals surface area (Å²) in [6.07, 6.45) is -4.52. The van der Waals surface area contributed by atoms with Crippen LogP contribution in [0.25, 0.3) is 5.65 Å². The van der Waals surface area contributed by atoms with E-state index in [2.05, 4.69) is 26.0 Å². The predicted octanol–water partition coefficient (Wildman–Crippen LogP) is 2.09. The molecule has 2 N–H and O–H groups in total. The fourth-order valence-corrected chi connectivity index (χ4v) is 1.72. The largest absolute Gasteiger partial charge is 0.434 e. The van der Waals surface area contributed by atoms with Gasteiger partial charge in [0.1, 0.15) is 0 Å². The molecule has 0 aliphatic carbocycles. The second kappa shape index (κ2) is 3.09. The molecule has 80 valence electrons. The number of hydrogen-bond acceptors (Lipinski definition) is 3. The monoisotopic (exact) mass is 280 g/mol. The summed E-state index contributed by atoms with van der Waals surface area (Å²) in [5, 5.41) is 3.47. The van der Waals surface area contributed by atoms with E-state index in [1.54, 1.807) is 0 Å². The number of nitrogen functional groups attached to an aromatic ring is 1. The second-order valence-corrected chi connectivity index (χ2v) is 3.62. The highest BCUT2D eigenvalue weighted by atomic mass is 79.9. The number of rotatable bonds is 0. The second-order valence-electron chi connectivity index (χ2n) is 2.77. The Kier molecular flexibility index (Phi) is 2.10. The minimum Gasteiger partial charge on any atom is -0.366 e. The average Bonchev–Trinajstić information content (AvgIpc) is 2.41. The van der Waals surface area contributed by atoms with Crippen LogP contribution in [0.15, 0.2) is 16.6 Å². The van der Waals surface area contributed by atoms with Crippen LogP contribution in [0.2, 0.25) is 0 Å². The lowest BCUT2D eigenvalue weighted by molar-refractivity contribution is -0.143. The van der Waals surface area contributed by atoms with Gasteiger partial charge in [0.15, 0.2) is 11.3 Å². The maximum atomic E-state index is 12.6. The molecule has 0 saturated heterocycles. The first-order chi connectivity index (χ1) is 6.89. The standard InChI is InChI=1S/C7H4BrF3N4/c8-3-1-2-4-13-6(12)14-15(4)5(3)7(9,10)11/h1-2H,(H2,12,14). The highest BCUT2D eigenvalue weighted by Gasteiger charge is 2.36. The molecule has 0 saturated carbocycles. The van der Waals surface area contributed by atoms with Crippen molar-refractivity contribution >= 4 is 27.5 Å². The molecule has 4 nitrogen and oxygen atoms in total. The Labute approximate surface area is 90.0 Å². The summed E-state index contributed by atoms with van der Waals surface area (Å²) in [6, 6.07) is 2.65. The van der Waals surface area contributed by atoms with Crippen LogP contribution in [-0.4, -0.2) is 14.6 Å². The summed E-state index contributed by atoms with van der Waals surface area (Å²) >= 11 is 2.81. The summed E-state index contributed by atoms with van der Waals surface area (Å²) in [5.41, 5.74) is 4.36. The van der Waals surface area contributed by atoms with E-state index < -0.39 is 11.9 Å². The third kappa shape index (κ3) is 1.65. The van der Waals surface area contributed by atoms with Crippen molar-refractivity contribution in [2.45, 2.75) is 6.18 Å². The molecule has 0 aliphatic rings. The van der Waals surface area contributed by atoms with Gasteiger partial charge in [0.25, 0.3) is 0 Å². The van der Waals surface area contributed by atoms with Crippen LogP contribution in [0.4, 0.5) is 19.1 Å². The maximum absolute atomic E-state index is 12.6. The van der Waals surface area contributed by atoms with Crippen molar-refractivity contribution in [1.82, 2.24) is 14.6 Å². The number of nitrogens with two attached hydrogens (primary N) is 1. The molecule has 2 heterocycles. The number of nitrogens with zero attached hydrogens (tertiary/aromatic N) is 3. The molecule has 0 unspecified atom stereocenters. The van der Waals surface area contributed by atoms with Crippen LogP contribution in [0.3, 0.4) is 0 Å². The summed E-state index contributed by atoms with van der Waals surface area (Å²) in [5.74, 6) is -0.196. The van der Waals surface area contributed by atoms with E-state index in [4.69, 9.17) is 5.73 Å². The molecule has 2 aromatic heterocycles. The molecule has 0 bridgehead atoms. The van der Waals surface area contributed by atoms with Gasteiger partial charge in [0, 0.05) is 4.47 Å². The van der Waals surface area contributed by atoms with Crippen LogP contribution in [0.1, 0.15) is 5.69 Å². The third-order valence-corrected chi connectivity index (χ3v) is 2.37. The molecular formula is C7H4BrF3N4. The Morgan fingerprint density at radius 1 is 1.33 bits per heavy atom. The van der Waals surface area contributed by atoms with Gasteiger partial charge >= 0.3 is 6.18 Å². The fraction of sp³-hybridized carbons (Fsp3) is 0.143. The zero-order chi connectivity index (χ0) is 11.2. The molecule has 0 spiro atoms. The van der Waals surface area contributed by atoms with Gasteiger partial charge in [-0.3, -0.25) is 0 Å². The molecule has 0 radical (unpaired) electrons. The first-order valence-electron chi connectivity index (χ1n) is 3.77. The van der Waals surface area contributed by atoms with E-state index >= 15 is 0 Å². The number of fused-ring (bicyclic) bond motifs is 1.